The molecule has 1 aliphatic rings. The molecule has 1 heterocycles. The van der Waals surface area contributed by atoms with E-state index in [1.165, 1.54) is 11.1 Å². The molecule has 2 nitrogen and oxygen atoms in total. The van der Waals surface area contributed by atoms with Crippen LogP contribution in [0.1, 0.15) is 24.0 Å². The van der Waals surface area contributed by atoms with Crippen LogP contribution in [0.5, 0.6) is 0 Å². The first kappa shape index (κ1) is 17.4. The van der Waals surface area contributed by atoms with Crippen molar-refractivity contribution in [2.24, 2.45) is 0 Å². The van der Waals surface area contributed by atoms with Gasteiger partial charge >= 0.3 is 107 Å². The Morgan fingerprint density at radius 3 is 2.30 bits per heavy atom. The summed E-state index contributed by atoms with van der Waals surface area (Å²) in [4.78, 5) is 0. The van der Waals surface area contributed by atoms with Gasteiger partial charge < -0.3 is 10.2 Å². The molecule has 1 aromatic carbocycles. The molecule has 0 spiro atoms. The quantitative estimate of drug-likeness (QED) is 0.788. The first-order valence-corrected chi connectivity index (χ1v) is 9.01. The summed E-state index contributed by atoms with van der Waals surface area (Å²) in [7, 11) is 2.46. The van der Waals surface area contributed by atoms with Gasteiger partial charge in [0, 0.05) is 0 Å². The van der Waals surface area contributed by atoms with Crippen LogP contribution in [0.25, 0.3) is 6.08 Å². The minimum atomic E-state index is -0.0422. The van der Waals surface area contributed by atoms with E-state index in [9.17, 15) is 0 Å². The number of fused-ring (bicyclic) bond motifs is 1. The van der Waals surface area contributed by atoms with Crippen LogP contribution in [0.2, 0.25) is 0 Å². The predicted octanol–water partition coefficient (Wildman–Crippen LogP) is 1.54. The van der Waals surface area contributed by atoms with Crippen LogP contribution in [0.15, 0.2) is 46.1 Å². The van der Waals surface area contributed by atoms with Crippen LogP contribution in [0.4, 0.5) is 0 Å². The van der Waals surface area contributed by atoms with Gasteiger partial charge in [-0.3, -0.25) is 0 Å². The average Bonchev–Trinajstić information content (AvgIpc) is 3.13. The van der Waals surface area contributed by atoms with E-state index in [-0.39, 0.29) is 19.2 Å². The molecule has 0 N–H and O–H groups in total. The summed E-state index contributed by atoms with van der Waals surface area (Å²) in [5, 5.41) is 16.5. The molecule has 0 bridgehead atoms. The van der Waals surface area contributed by atoms with Crippen molar-refractivity contribution in [1.82, 2.24) is 0 Å². The van der Waals surface area contributed by atoms with Gasteiger partial charge in [0.05, 0.1) is 0 Å². The number of allylic oxidation sites excluding steroid dienone is 1. The molecule has 2 unspecified atom stereocenters. The molecule has 20 heavy (non-hydrogen) atoms. The van der Waals surface area contributed by atoms with Crippen molar-refractivity contribution in [2.75, 3.05) is 14.2 Å². The average molecular weight is 322 g/mol. The zero-order chi connectivity index (χ0) is 15.0. The Labute approximate surface area is 131 Å². The standard InChI is InChI=1S/C10H9.C4H4P.2CH3O.Ti/c1-8-6-7-9-4-2-3-5-10(8)9;1-2-4-5-3-1;2*1-2;/h2-5,7-8H,1H3;1-3,5H;2*1H3;/q;;2*-1;+2. The molecule has 0 saturated carbocycles. The third kappa shape index (κ3) is 4.18. The Bertz CT molecular complexity index is 535. The van der Waals surface area contributed by atoms with Crippen LogP contribution in [-0.2, 0) is 19.2 Å². The summed E-state index contributed by atoms with van der Waals surface area (Å²) in [6.45, 7) is 2.35. The fourth-order valence-electron chi connectivity index (χ4n) is 2.20. The zero-order valence-corrected chi connectivity index (χ0v) is 14.6. The molecule has 0 amide bonds. The third-order valence-electron chi connectivity index (χ3n) is 3.12. The summed E-state index contributed by atoms with van der Waals surface area (Å²) >= 11 is -0.0422. The summed E-state index contributed by atoms with van der Waals surface area (Å²) in [6, 6.07) is 13.4. The summed E-state index contributed by atoms with van der Waals surface area (Å²) in [5.74, 6) is 2.95. The van der Waals surface area contributed by atoms with E-state index in [0.717, 1.165) is 22.4 Å². The molecule has 1 aromatic heterocycles. The van der Waals surface area contributed by atoms with Crippen molar-refractivity contribution in [3.05, 3.63) is 57.2 Å². The molecule has 0 saturated heterocycles. The van der Waals surface area contributed by atoms with E-state index >= 15 is 0 Å². The van der Waals surface area contributed by atoms with Gasteiger partial charge in [-0.25, -0.2) is 0 Å². The van der Waals surface area contributed by atoms with Crippen molar-refractivity contribution in [3.8, 4) is 0 Å². The second kappa shape index (κ2) is 9.34. The van der Waals surface area contributed by atoms with Gasteiger partial charge in [0.1, 0.15) is 0 Å². The molecule has 2 atom stereocenters. The van der Waals surface area contributed by atoms with Crippen LogP contribution >= 0.6 is 8.19 Å². The molecular formula is C16H19O2PTi. The maximum atomic E-state index is 8.25. The Hall–Kier alpha value is -0.626. The molecule has 104 valence electrons. The SMILES string of the molecule is CC1[C]([Ti+2][c]2ccc[pH]2)=Cc2ccccc21.C[O-].C[O-]. The van der Waals surface area contributed by atoms with Crippen LogP contribution in [-0.4, -0.2) is 14.2 Å². The van der Waals surface area contributed by atoms with E-state index in [1.54, 1.807) is 7.48 Å². The van der Waals surface area contributed by atoms with Gasteiger partial charge in [0.15, 0.2) is 0 Å². The topological polar surface area (TPSA) is 46.1 Å². The third-order valence-corrected chi connectivity index (χ3v) is 7.18. The largest absolute Gasteiger partial charge is 0.857 e. The first-order valence-electron chi connectivity index (χ1n) is 6.37. The maximum absolute atomic E-state index is 8.25. The Kier molecular flexibility index (Phi) is 8.13. The van der Waals surface area contributed by atoms with Gasteiger partial charge in [0.25, 0.3) is 0 Å². The molecule has 3 rings (SSSR count). The van der Waals surface area contributed by atoms with Gasteiger partial charge in [-0.15, -0.1) is 0 Å². The molecule has 4 heteroatoms. The van der Waals surface area contributed by atoms with Gasteiger partial charge in [-0.05, 0) is 0 Å². The van der Waals surface area contributed by atoms with E-state index in [1.807, 2.05) is 0 Å². The number of rotatable bonds is 2. The van der Waals surface area contributed by atoms with Crippen LogP contribution in [0.3, 0.4) is 0 Å². The Morgan fingerprint density at radius 1 is 1.00 bits per heavy atom. The number of hydrogen-bond acceptors (Lipinski definition) is 2. The molecular weight excluding hydrogens is 303 g/mol. The second-order valence-corrected chi connectivity index (χ2v) is 8.23. The first-order chi connectivity index (χ1) is 9.84. The Balaban J connectivity index is 0.000000461. The molecule has 0 aliphatic heterocycles. The fourth-order valence-corrected chi connectivity index (χ4v) is 5.87. The Morgan fingerprint density at radius 2 is 1.70 bits per heavy atom. The minimum absolute atomic E-state index is 0.0422. The van der Waals surface area contributed by atoms with Crippen LogP contribution < -0.4 is 13.8 Å². The monoisotopic (exact) mass is 322 g/mol. The molecule has 0 fully saturated rings. The molecule has 1 aliphatic carbocycles. The van der Waals surface area contributed by atoms with Gasteiger partial charge in [-0.1, -0.05) is 0 Å². The van der Waals surface area contributed by atoms with Crippen molar-refractivity contribution in [1.29, 1.82) is 0 Å². The van der Waals surface area contributed by atoms with Gasteiger partial charge in [-0.2, -0.15) is 14.2 Å². The minimum Gasteiger partial charge on any atom is -0.857 e. The predicted molar refractivity (Wildman–Crippen MR) is 80.3 cm³/mol. The second-order valence-electron chi connectivity index (χ2n) is 4.16. The number of hydrogen-bond donors (Lipinski definition) is 0. The molecule has 0 radical (unpaired) electrons. The fraction of sp³-hybridized carbons (Fsp3) is 0.250. The smallest absolute Gasteiger partial charge is 0.153 e. The van der Waals surface area contributed by atoms with Gasteiger partial charge in [0.2, 0.25) is 0 Å². The van der Waals surface area contributed by atoms with Crippen molar-refractivity contribution in [3.63, 3.8) is 0 Å². The normalized spacial score (nSPS) is 15.2. The van der Waals surface area contributed by atoms with E-state index in [0.29, 0.717) is 5.92 Å². The molecule has 2 aromatic rings. The van der Waals surface area contributed by atoms with E-state index in [4.69, 9.17) is 10.2 Å². The van der Waals surface area contributed by atoms with Crippen LogP contribution in [0, 0.1) is 0 Å². The zero-order valence-electron chi connectivity index (χ0n) is 12.0. The van der Waals surface area contributed by atoms with E-state index < -0.39 is 0 Å². The van der Waals surface area contributed by atoms with E-state index in [2.05, 4.69) is 55.2 Å². The number of benzene rings is 1. The van der Waals surface area contributed by atoms with Crippen molar-refractivity contribution < 1.29 is 29.4 Å². The van der Waals surface area contributed by atoms with Crippen molar-refractivity contribution >= 4 is 17.9 Å². The summed E-state index contributed by atoms with van der Waals surface area (Å²) < 4.78 is 3.40. The van der Waals surface area contributed by atoms with Crippen molar-refractivity contribution in [2.45, 2.75) is 12.8 Å². The maximum Gasteiger partial charge on any atom is -0.153 e. The summed E-state index contributed by atoms with van der Waals surface area (Å²) in [6.07, 6.45) is 2.43. The summed E-state index contributed by atoms with van der Waals surface area (Å²) in [5.41, 5.74) is 2.97.